The van der Waals surface area contributed by atoms with Crippen molar-refractivity contribution in [1.82, 2.24) is 14.5 Å². The lowest BCUT2D eigenvalue weighted by Gasteiger charge is -2.28. The number of nitrogen functional groups attached to an aromatic ring is 1. The van der Waals surface area contributed by atoms with Crippen LogP contribution in [-0.2, 0) is 20.9 Å². The molecule has 0 aromatic carbocycles. The quantitative estimate of drug-likeness (QED) is 0.378. The smallest absolute Gasteiger partial charge is 0.330 e. The molecule has 1 aromatic heterocycles. The first-order valence-electron chi connectivity index (χ1n) is 10.0. The summed E-state index contributed by atoms with van der Waals surface area (Å²) in [5, 5.41) is 0. The number of primary amides is 1. The van der Waals surface area contributed by atoms with Gasteiger partial charge in [0, 0.05) is 26.7 Å². The lowest BCUT2D eigenvalue weighted by atomic mass is 10.2. The molecule has 2 amide bonds. The minimum absolute atomic E-state index is 0.0553. The van der Waals surface area contributed by atoms with Gasteiger partial charge in [-0.1, -0.05) is 27.2 Å². The minimum Gasteiger partial charge on any atom is -0.383 e. The predicted molar refractivity (Wildman–Crippen MR) is 115 cm³/mol. The summed E-state index contributed by atoms with van der Waals surface area (Å²) in [7, 11) is 1.51. The molecule has 0 atom stereocenters. The van der Waals surface area contributed by atoms with Gasteiger partial charge in [0.05, 0.1) is 19.7 Å². The summed E-state index contributed by atoms with van der Waals surface area (Å²) >= 11 is 0. The van der Waals surface area contributed by atoms with Gasteiger partial charge < -0.3 is 21.1 Å². The molecule has 0 spiro atoms. The molecule has 11 nitrogen and oxygen atoms in total. The molecule has 0 unspecified atom stereocenters. The van der Waals surface area contributed by atoms with E-state index in [0.717, 1.165) is 6.42 Å². The second-order valence-electron chi connectivity index (χ2n) is 7.57. The topological polar surface area (TPSA) is 157 Å². The number of aromatic nitrogens is 2. The molecule has 0 bridgehead atoms. The van der Waals surface area contributed by atoms with Crippen LogP contribution in [0.5, 0.6) is 0 Å². The van der Waals surface area contributed by atoms with Crippen LogP contribution in [0.2, 0.25) is 0 Å². The number of ether oxygens (including phenoxy) is 1. The summed E-state index contributed by atoms with van der Waals surface area (Å²) < 4.78 is 6.28. The lowest BCUT2D eigenvalue weighted by molar-refractivity contribution is -0.122. The van der Waals surface area contributed by atoms with E-state index in [2.05, 4.69) is 4.98 Å². The fourth-order valence-corrected chi connectivity index (χ4v) is 2.99. The summed E-state index contributed by atoms with van der Waals surface area (Å²) in [6, 6.07) is 0. The Bertz CT molecular complexity index is 832. The predicted octanol–water partition coefficient (Wildman–Crippen LogP) is -0.658. The van der Waals surface area contributed by atoms with Crippen LogP contribution >= 0.6 is 0 Å². The molecule has 0 radical (unpaired) electrons. The van der Waals surface area contributed by atoms with Crippen LogP contribution in [-0.4, -0.2) is 66.2 Å². The Morgan fingerprint density at radius 2 is 1.87 bits per heavy atom. The Hall–Kier alpha value is -2.66. The van der Waals surface area contributed by atoms with Gasteiger partial charge in [-0.15, -0.1) is 0 Å². The third kappa shape index (κ3) is 7.30. The number of amides is 2. The molecule has 0 fully saturated rings. The van der Waals surface area contributed by atoms with Gasteiger partial charge in [-0.3, -0.25) is 28.8 Å². The average Bonchev–Trinajstić information content (AvgIpc) is 2.64. The molecular formula is C19H34N6O5. The second kappa shape index (κ2) is 12.1. The van der Waals surface area contributed by atoms with Crippen LogP contribution < -0.4 is 27.6 Å². The van der Waals surface area contributed by atoms with Crippen LogP contribution in [0.25, 0.3) is 0 Å². The highest BCUT2D eigenvalue weighted by Crippen LogP contribution is 2.19. The Morgan fingerprint density at radius 3 is 2.40 bits per heavy atom. The maximum Gasteiger partial charge on any atom is 0.330 e. The van der Waals surface area contributed by atoms with E-state index >= 15 is 0 Å². The van der Waals surface area contributed by atoms with Crippen molar-refractivity contribution in [3.8, 4) is 0 Å². The van der Waals surface area contributed by atoms with E-state index in [0.29, 0.717) is 26.1 Å². The highest BCUT2D eigenvalue weighted by Gasteiger charge is 2.26. The monoisotopic (exact) mass is 426 g/mol. The maximum absolute atomic E-state index is 13.1. The van der Waals surface area contributed by atoms with Crippen LogP contribution in [0, 0.1) is 5.92 Å². The standard InChI is InChI=1S/C19H34N6O5/c1-5-6-7-24(15(27)12-23(8-9-30-4)11-14(20)26)16-17(21)25(10-13(2)3)19(29)22-18(16)28/h13H,5-12,21H2,1-4H3,(H2,20,26)(H,22,28,29). The van der Waals surface area contributed by atoms with Gasteiger partial charge in [0.15, 0.2) is 5.69 Å². The number of hydrogen-bond acceptors (Lipinski definition) is 7. The lowest BCUT2D eigenvalue weighted by Crippen LogP contribution is -2.47. The van der Waals surface area contributed by atoms with Crippen LogP contribution in [0.15, 0.2) is 9.59 Å². The first-order valence-corrected chi connectivity index (χ1v) is 10.0. The van der Waals surface area contributed by atoms with Gasteiger partial charge in [-0.25, -0.2) is 4.79 Å². The number of aromatic amines is 1. The third-order valence-corrected chi connectivity index (χ3v) is 4.42. The van der Waals surface area contributed by atoms with Crippen molar-refractivity contribution < 1.29 is 14.3 Å². The fraction of sp³-hybridized carbons (Fsp3) is 0.684. The van der Waals surface area contributed by atoms with Crippen molar-refractivity contribution in [3.05, 3.63) is 20.8 Å². The number of nitrogens with one attached hydrogen (secondary N) is 1. The first kappa shape index (κ1) is 25.4. The van der Waals surface area contributed by atoms with E-state index in [9.17, 15) is 19.2 Å². The number of nitrogens with two attached hydrogens (primary N) is 2. The van der Waals surface area contributed by atoms with E-state index in [1.54, 1.807) is 4.90 Å². The van der Waals surface area contributed by atoms with Crippen molar-refractivity contribution >= 4 is 23.3 Å². The summed E-state index contributed by atoms with van der Waals surface area (Å²) in [6.07, 6.45) is 1.41. The molecule has 0 saturated carbocycles. The zero-order chi connectivity index (χ0) is 22.8. The average molecular weight is 427 g/mol. The number of nitrogens with zero attached hydrogens (tertiary/aromatic N) is 3. The molecule has 1 rings (SSSR count). The Kier molecular flexibility index (Phi) is 10.3. The summed E-state index contributed by atoms with van der Waals surface area (Å²) in [4.78, 5) is 54.4. The Balaban J connectivity index is 3.34. The van der Waals surface area contributed by atoms with Crippen molar-refractivity contribution in [2.24, 2.45) is 11.7 Å². The molecular weight excluding hydrogens is 392 g/mol. The Labute approximate surface area is 176 Å². The van der Waals surface area contributed by atoms with Crippen molar-refractivity contribution in [2.45, 2.75) is 40.2 Å². The maximum atomic E-state index is 13.1. The SMILES string of the molecule is CCCCN(C(=O)CN(CCOC)CC(N)=O)c1c(N)n(CC(C)C)c(=O)[nH]c1=O. The number of carbonyl (C=O) groups excluding carboxylic acids is 2. The van der Waals surface area contributed by atoms with Crippen LogP contribution in [0.1, 0.15) is 33.6 Å². The van der Waals surface area contributed by atoms with Crippen molar-refractivity contribution in [1.29, 1.82) is 0 Å². The molecule has 0 aliphatic heterocycles. The molecule has 1 aromatic rings. The molecule has 30 heavy (non-hydrogen) atoms. The summed E-state index contributed by atoms with van der Waals surface area (Å²) in [6.45, 7) is 6.65. The van der Waals surface area contributed by atoms with Gasteiger partial charge in [0.2, 0.25) is 11.8 Å². The molecule has 0 saturated heterocycles. The summed E-state index contributed by atoms with van der Waals surface area (Å²) in [5.41, 5.74) is 10.1. The summed E-state index contributed by atoms with van der Waals surface area (Å²) in [5.74, 6) is -0.960. The van der Waals surface area contributed by atoms with Crippen LogP contribution in [0.4, 0.5) is 11.5 Å². The molecule has 170 valence electrons. The molecule has 11 heteroatoms. The fourth-order valence-electron chi connectivity index (χ4n) is 2.99. The highest BCUT2D eigenvalue weighted by molar-refractivity contribution is 5.97. The van der Waals surface area contributed by atoms with Crippen molar-refractivity contribution in [3.63, 3.8) is 0 Å². The second-order valence-corrected chi connectivity index (χ2v) is 7.57. The van der Waals surface area contributed by atoms with E-state index in [-0.39, 0.29) is 37.1 Å². The normalized spacial score (nSPS) is 11.3. The Morgan fingerprint density at radius 1 is 1.20 bits per heavy atom. The number of hydrogen-bond donors (Lipinski definition) is 3. The van der Waals surface area contributed by atoms with E-state index < -0.39 is 23.1 Å². The minimum atomic E-state index is -0.722. The van der Waals surface area contributed by atoms with E-state index in [1.807, 2.05) is 20.8 Å². The molecule has 0 aliphatic carbocycles. The number of anilines is 2. The molecule has 0 aliphatic rings. The van der Waals surface area contributed by atoms with Gasteiger partial charge in [-0.2, -0.15) is 0 Å². The van der Waals surface area contributed by atoms with Gasteiger partial charge in [-0.05, 0) is 12.3 Å². The number of unbranched alkanes of at least 4 members (excludes halogenated alkanes) is 1. The third-order valence-electron chi connectivity index (χ3n) is 4.42. The number of rotatable bonds is 13. The number of carbonyl (C=O) groups is 2. The zero-order valence-corrected chi connectivity index (χ0v) is 18.3. The highest BCUT2D eigenvalue weighted by atomic mass is 16.5. The van der Waals surface area contributed by atoms with Gasteiger partial charge >= 0.3 is 5.69 Å². The van der Waals surface area contributed by atoms with Crippen LogP contribution in [0.3, 0.4) is 0 Å². The molecule has 1 heterocycles. The zero-order valence-electron chi connectivity index (χ0n) is 18.3. The largest absolute Gasteiger partial charge is 0.383 e. The van der Waals surface area contributed by atoms with Crippen molar-refractivity contribution in [2.75, 3.05) is 50.5 Å². The van der Waals surface area contributed by atoms with E-state index in [4.69, 9.17) is 16.2 Å². The first-order chi connectivity index (χ1) is 14.1. The van der Waals surface area contributed by atoms with E-state index in [1.165, 1.54) is 16.6 Å². The molecule has 5 N–H and O–H groups in total. The number of H-pyrrole nitrogens is 1. The number of methoxy groups -OCH3 is 1. The van der Waals surface area contributed by atoms with Gasteiger partial charge in [0.1, 0.15) is 5.82 Å². The van der Waals surface area contributed by atoms with Gasteiger partial charge in [0.25, 0.3) is 5.56 Å².